The van der Waals surface area contributed by atoms with Crippen molar-refractivity contribution >= 4 is 10.0 Å². The lowest BCUT2D eigenvalue weighted by Crippen LogP contribution is -2.23. The minimum Gasteiger partial charge on any atom is -0.496 e. The van der Waals surface area contributed by atoms with Crippen molar-refractivity contribution in [3.8, 4) is 17.1 Å². The summed E-state index contributed by atoms with van der Waals surface area (Å²) in [5, 5.41) is 3.85. The highest BCUT2D eigenvalue weighted by Crippen LogP contribution is 2.30. The lowest BCUT2D eigenvalue weighted by molar-refractivity contribution is 0.382. The molecule has 0 atom stereocenters. The zero-order chi connectivity index (χ0) is 16.2. The van der Waals surface area contributed by atoms with Crippen molar-refractivity contribution < 1.29 is 17.7 Å². The van der Waals surface area contributed by atoms with Crippen LogP contribution in [0.25, 0.3) is 11.4 Å². The first-order valence-corrected chi connectivity index (χ1v) is 8.11. The Balaban J connectivity index is 2.48. The minimum absolute atomic E-state index is 0.0907. The van der Waals surface area contributed by atoms with Gasteiger partial charge in [-0.25, -0.2) is 13.1 Å². The number of aromatic nitrogens is 2. The van der Waals surface area contributed by atoms with Gasteiger partial charge in [0.25, 0.3) is 0 Å². The molecule has 0 aliphatic heterocycles. The van der Waals surface area contributed by atoms with Crippen LogP contribution in [0.5, 0.6) is 5.75 Å². The minimum atomic E-state index is -3.64. The Bertz CT molecular complexity index is 768. The molecule has 1 heterocycles. The Kier molecular flexibility index (Phi) is 4.94. The van der Waals surface area contributed by atoms with E-state index in [9.17, 15) is 8.42 Å². The Morgan fingerprint density at radius 1 is 1.45 bits per heavy atom. The summed E-state index contributed by atoms with van der Waals surface area (Å²) in [6.45, 7) is 5.51. The average molecular weight is 323 g/mol. The molecule has 1 N–H and O–H groups in total. The molecule has 1 aromatic heterocycles. The van der Waals surface area contributed by atoms with Crippen LogP contribution in [0.3, 0.4) is 0 Å². The van der Waals surface area contributed by atoms with E-state index in [1.807, 2.05) is 6.92 Å². The van der Waals surface area contributed by atoms with E-state index in [0.29, 0.717) is 23.6 Å². The van der Waals surface area contributed by atoms with Crippen molar-refractivity contribution in [2.75, 3.05) is 13.7 Å². The van der Waals surface area contributed by atoms with Crippen molar-refractivity contribution in [2.45, 2.75) is 18.2 Å². The highest BCUT2D eigenvalue weighted by molar-refractivity contribution is 7.89. The Hall–Kier alpha value is -2.19. The molecule has 0 radical (unpaired) electrons. The van der Waals surface area contributed by atoms with Crippen molar-refractivity contribution in [1.29, 1.82) is 0 Å². The molecule has 0 spiro atoms. The topological polar surface area (TPSA) is 94.3 Å². The fourth-order valence-corrected chi connectivity index (χ4v) is 2.81. The molecule has 118 valence electrons. The number of aryl methyl sites for hydroxylation is 1. The number of nitrogens with one attached hydrogen (secondary N) is 1. The zero-order valence-electron chi connectivity index (χ0n) is 12.4. The lowest BCUT2D eigenvalue weighted by Gasteiger charge is -2.09. The largest absolute Gasteiger partial charge is 0.496 e. The summed E-state index contributed by atoms with van der Waals surface area (Å²) in [7, 11) is -2.15. The van der Waals surface area contributed by atoms with Gasteiger partial charge in [0.2, 0.25) is 21.7 Å². The molecule has 2 aromatic rings. The highest BCUT2D eigenvalue weighted by Gasteiger charge is 2.19. The van der Waals surface area contributed by atoms with Gasteiger partial charge in [-0.1, -0.05) is 18.2 Å². The quantitative estimate of drug-likeness (QED) is 0.780. The predicted octanol–water partition coefficient (Wildman–Crippen LogP) is 1.77. The van der Waals surface area contributed by atoms with Crippen LogP contribution in [0.15, 0.2) is 40.3 Å². The number of benzene rings is 1. The van der Waals surface area contributed by atoms with Crippen LogP contribution in [0, 0.1) is 0 Å². The normalized spacial score (nSPS) is 11.4. The molecule has 0 amide bonds. The zero-order valence-corrected chi connectivity index (χ0v) is 13.2. The molecule has 2 rings (SSSR count). The molecule has 1 aromatic carbocycles. The summed E-state index contributed by atoms with van der Waals surface area (Å²) in [6.07, 6.45) is 2.06. The molecule has 8 heteroatoms. The molecule has 0 fully saturated rings. The fraction of sp³-hybridized carbons (Fsp3) is 0.286. The third-order valence-electron chi connectivity index (χ3n) is 2.91. The summed E-state index contributed by atoms with van der Waals surface area (Å²) in [5.74, 6) is 1.22. The molecule has 0 aliphatic carbocycles. The maximum Gasteiger partial charge on any atom is 0.240 e. The van der Waals surface area contributed by atoms with Gasteiger partial charge in [-0.15, -0.1) is 6.58 Å². The Morgan fingerprint density at radius 2 is 2.23 bits per heavy atom. The molecule has 0 saturated heterocycles. The van der Waals surface area contributed by atoms with Crippen molar-refractivity contribution in [3.05, 3.63) is 36.7 Å². The van der Waals surface area contributed by atoms with Crippen LogP contribution in [0.1, 0.15) is 12.8 Å². The van der Waals surface area contributed by atoms with Gasteiger partial charge < -0.3 is 9.26 Å². The third-order valence-corrected chi connectivity index (χ3v) is 4.33. The van der Waals surface area contributed by atoms with Gasteiger partial charge in [0.15, 0.2) is 0 Å². The number of sulfonamides is 1. The van der Waals surface area contributed by atoms with Gasteiger partial charge >= 0.3 is 0 Å². The van der Waals surface area contributed by atoms with Crippen molar-refractivity contribution in [3.63, 3.8) is 0 Å². The molecule has 0 bridgehead atoms. The van der Waals surface area contributed by atoms with Crippen LogP contribution in [0.4, 0.5) is 0 Å². The van der Waals surface area contributed by atoms with E-state index in [4.69, 9.17) is 9.26 Å². The number of hydrogen-bond acceptors (Lipinski definition) is 6. The van der Waals surface area contributed by atoms with Crippen LogP contribution in [-0.4, -0.2) is 32.2 Å². The van der Waals surface area contributed by atoms with Gasteiger partial charge in [-0.2, -0.15) is 4.98 Å². The van der Waals surface area contributed by atoms with E-state index in [-0.39, 0.29) is 17.3 Å². The summed E-state index contributed by atoms with van der Waals surface area (Å²) >= 11 is 0. The van der Waals surface area contributed by atoms with Gasteiger partial charge in [0.05, 0.1) is 17.6 Å². The van der Waals surface area contributed by atoms with Gasteiger partial charge in [0.1, 0.15) is 5.75 Å². The molecule has 0 unspecified atom stereocenters. The standard InChI is InChI=1S/C14H17N3O4S/c1-4-8-15-22(18,19)10-6-7-12(20-3)11(9-10)14-16-13(5-2)21-17-14/h4,6-7,9,15H,1,5,8H2,2-3H3. The molecular formula is C14H17N3O4S. The number of rotatable bonds is 7. The van der Waals surface area contributed by atoms with Crippen LogP contribution in [0.2, 0.25) is 0 Å². The average Bonchev–Trinajstić information content (AvgIpc) is 3.01. The van der Waals surface area contributed by atoms with E-state index in [0.717, 1.165) is 0 Å². The molecule has 0 aliphatic rings. The number of nitrogens with zero attached hydrogens (tertiary/aromatic N) is 2. The summed E-state index contributed by atoms with van der Waals surface area (Å²) in [5.41, 5.74) is 0.451. The monoisotopic (exact) mass is 323 g/mol. The van der Waals surface area contributed by atoms with E-state index >= 15 is 0 Å². The molecule has 0 saturated carbocycles. The number of hydrogen-bond donors (Lipinski definition) is 1. The fourth-order valence-electron chi connectivity index (χ4n) is 1.79. The van der Waals surface area contributed by atoms with E-state index in [2.05, 4.69) is 21.4 Å². The van der Waals surface area contributed by atoms with Crippen molar-refractivity contribution in [1.82, 2.24) is 14.9 Å². The van der Waals surface area contributed by atoms with Crippen LogP contribution in [-0.2, 0) is 16.4 Å². The third kappa shape index (κ3) is 3.34. The van der Waals surface area contributed by atoms with Crippen LogP contribution < -0.4 is 9.46 Å². The van der Waals surface area contributed by atoms with Gasteiger partial charge in [-0.05, 0) is 18.2 Å². The summed E-state index contributed by atoms with van der Waals surface area (Å²) < 4.78 is 37.1. The van der Waals surface area contributed by atoms with E-state index in [1.54, 1.807) is 6.07 Å². The maximum absolute atomic E-state index is 12.2. The highest BCUT2D eigenvalue weighted by atomic mass is 32.2. The lowest BCUT2D eigenvalue weighted by atomic mass is 10.2. The second kappa shape index (κ2) is 6.71. The SMILES string of the molecule is C=CCNS(=O)(=O)c1ccc(OC)c(-c2noc(CC)n2)c1. The van der Waals surface area contributed by atoms with Gasteiger partial charge in [0, 0.05) is 13.0 Å². The van der Waals surface area contributed by atoms with Crippen LogP contribution >= 0.6 is 0 Å². The summed E-state index contributed by atoms with van der Waals surface area (Å²) in [4.78, 5) is 4.29. The summed E-state index contributed by atoms with van der Waals surface area (Å²) in [6, 6.07) is 4.46. The van der Waals surface area contributed by atoms with Crippen molar-refractivity contribution in [2.24, 2.45) is 0 Å². The predicted molar refractivity (Wildman–Crippen MR) is 81.0 cm³/mol. The maximum atomic E-state index is 12.2. The second-order valence-electron chi connectivity index (χ2n) is 4.37. The van der Waals surface area contributed by atoms with Gasteiger partial charge in [-0.3, -0.25) is 0 Å². The second-order valence-corrected chi connectivity index (χ2v) is 6.13. The molecular weight excluding hydrogens is 306 g/mol. The smallest absolute Gasteiger partial charge is 0.240 e. The first-order valence-electron chi connectivity index (χ1n) is 6.63. The van der Waals surface area contributed by atoms with E-state index < -0.39 is 10.0 Å². The first kappa shape index (κ1) is 16.2. The van der Waals surface area contributed by atoms with E-state index in [1.165, 1.54) is 25.3 Å². The Labute approximate surface area is 129 Å². The first-order chi connectivity index (χ1) is 10.5. The Morgan fingerprint density at radius 3 is 2.82 bits per heavy atom. The molecule has 7 nitrogen and oxygen atoms in total. The number of ether oxygens (including phenoxy) is 1. The molecule has 22 heavy (non-hydrogen) atoms. The number of methoxy groups -OCH3 is 1.